The second kappa shape index (κ2) is 11.5. The number of aliphatic imine (C=N–C) groups is 1. The van der Waals surface area contributed by atoms with Gasteiger partial charge in [0.2, 0.25) is 0 Å². The van der Waals surface area contributed by atoms with Crippen LogP contribution in [0.25, 0.3) is 0 Å². The predicted molar refractivity (Wildman–Crippen MR) is 123 cm³/mol. The maximum atomic E-state index is 6.32. The molecule has 1 heterocycles. The van der Waals surface area contributed by atoms with Gasteiger partial charge in [0.25, 0.3) is 0 Å². The minimum absolute atomic E-state index is 0. The van der Waals surface area contributed by atoms with Crippen molar-refractivity contribution in [3.8, 4) is 0 Å². The third kappa shape index (κ3) is 7.03. The van der Waals surface area contributed by atoms with Gasteiger partial charge in [-0.2, -0.15) is 0 Å². The van der Waals surface area contributed by atoms with Crippen molar-refractivity contribution in [3.05, 3.63) is 33.8 Å². The van der Waals surface area contributed by atoms with E-state index in [0.29, 0.717) is 16.1 Å². The molecule has 0 aliphatic carbocycles. The fourth-order valence-corrected chi connectivity index (χ4v) is 3.52. The lowest BCUT2D eigenvalue weighted by atomic mass is 10.1. The first-order valence-electron chi connectivity index (χ1n) is 8.79. The molecular weight excluding hydrogens is 484 g/mol. The van der Waals surface area contributed by atoms with Crippen molar-refractivity contribution in [1.29, 1.82) is 0 Å². The molecule has 26 heavy (non-hydrogen) atoms. The average Bonchev–Trinajstić information content (AvgIpc) is 2.55. The molecule has 1 fully saturated rings. The monoisotopic (exact) mass is 513 g/mol. The van der Waals surface area contributed by atoms with Gasteiger partial charge in [0, 0.05) is 42.3 Å². The zero-order valence-electron chi connectivity index (χ0n) is 15.9. The summed E-state index contributed by atoms with van der Waals surface area (Å²) in [5.74, 6) is 0.808. The molecule has 1 aliphatic heterocycles. The van der Waals surface area contributed by atoms with Gasteiger partial charge in [0.1, 0.15) is 0 Å². The van der Waals surface area contributed by atoms with Gasteiger partial charge < -0.3 is 15.5 Å². The molecule has 1 saturated heterocycles. The number of hydrogen-bond acceptors (Lipinski definition) is 3. The molecule has 1 aromatic rings. The molecule has 1 aromatic carbocycles. The van der Waals surface area contributed by atoms with Gasteiger partial charge in [-0.25, -0.2) is 0 Å². The standard InChI is InChI=1S/C18H29Cl2N5.HI/c1-5-21-18(22-11-15-12-24(3)8-9-25(15)4)23-13(2)16-7-6-14(19)10-17(16)20;/h6-7,10,13,15H,5,8-9,11-12H2,1-4H3,(H2,21,22,23);1H. The average molecular weight is 514 g/mol. The molecule has 0 saturated carbocycles. The van der Waals surface area contributed by atoms with Crippen LogP contribution in [-0.4, -0.2) is 68.6 Å². The van der Waals surface area contributed by atoms with Gasteiger partial charge in [-0.05, 0) is 45.6 Å². The molecule has 0 radical (unpaired) electrons. The van der Waals surface area contributed by atoms with E-state index in [9.17, 15) is 0 Å². The highest BCUT2D eigenvalue weighted by atomic mass is 127. The topological polar surface area (TPSA) is 42.9 Å². The van der Waals surface area contributed by atoms with Crippen molar-refractivity contribution in [3.63, 3.8) is 0 Å². The van der Waals surface area contributed by atoms with Crippen LogP contribution in [0.2, 0.25) is 10.0 Å². The molecule has 2 N–H and O–H groups in total. The fourth-order valence-electron chi connectivity index (χ4n) is 2.95. The van der Waals surface area contributed by atoms with E-state index in [2.05, 4.69) is 48.4 Å². The van der Waals surface area contributed by atoms with Crippen LogP contribution in [0.3, 0.4) is 0 Å². The number of nitrogens with one attached hydrogen (secondary N) is 2. The molecule has 2 rings (SSSR count). The van der Waals surface area contributed by atoms with E-state index < -0.39 is 0 Å². The predicted octanol–water partition coefficient (Wildman–Crippen LogP) is 3.47. The highest BCUT2D eigenvalue weighted by molar-refractivity contribution is 14.0. The van der Waals surface area contributed by atoms with Gasteiger partial charge in [0.15, 0.2) is 5.96 Å². The summed E-state index contributed by atoms with van der Waals surface area (Å²) in [6.45, 7) is 8.95. The normalized spacial score (nSPS) is 20.4. The lowest BCUT2D eigenvalue weighted by Crippen LogP contribution is -2.51. The zero-order chi connectivity index (χ0) is 18.4. The molecule has 1 aliphatic rings. The third-order valence-electron chi connectivity index (χ3n) is 4.57. The largest absolute Gasteiger partial charge is 0.357 e. The highest BCUT2D eigenvalue weighted by Crippen LogP contribution is 2.26. The molecule has 5 nitrogen and oxygen atoms in total. The molecule has 0 amide bonds. The van der Waals surface area contributed by atoms with E-state index in [-0.39, 0.29) is 30.0 Å². The minimum Gasteiger partial charge on any atom is -0.357 e. The quantitative estimate of drug-likeness (QED) is 0.359. The highest BCUT2D eigenvalue weighted by Gasteiger charge is 2.22. The van der Waals surface area contributed by atoms with E-state index >= 15 is 0 Å². The van der Waals surface area contributed by atoms with Gasteiger partial charge in [-0.3, -0.25) is 9.89 Å². The summed E-state index contributed by atoms with van der Waals surface area (Å²) in [6, 6.07) is 6.05. The van der Waals surface area contributed by atoms with Crippen molar-refractivity contribution in [2.24, 2.45) is 4.99 Å². The van der Waals surface area contributed by atoms with Gasteiger partial charge in [-0.1, -0.05) is 29.3 Å². The Morgan fingerprint density at radius 2 is 2.04 bits per heavy atom. The lowest BCUT2D eigenvalue weighted by Gasteiger charge is -2.37. The van der Waals surface area contributed by atoms with Crippen LogP contribution in [0.15, 0.2) is 23.2 Å². The zero-order valence-corrected chi connectivity index (χ0v) is 19.8. The van der Waals surface area contributed by atoms with E-state index in [1.807, 2.05) is 12.1 Å². The maximum Gasteiger partial charge on any atom is 0.191 e. The molecule has 8 heteroatoms. The smallest absolute Gasteiger partial charge is 0.191 e. The lowest BCUT2D eigenvalue weighted by molar-refractivity contribution is 0.119. The Morgan fingerprint density at radius 1 is 1.31 bits per heavy atom. The first-order chi connectivity index (χ1) is 11.9. The Hall–Kier alpha value is -0.280. The Morgan fingerprint density at radius 3 is 2.69 bits per heavy atom. The summed E-state index contributed by atoms with van der Waals surface area (Å²) in [4.78, 5) is 9.53. The van der Waals surface area contributed by atoms with E-state index in [4.69, 9.17) is 28.2 Å². The Kier molecular flexibility index (Phi) is 10.5. The van der Waals surface area contributed by atoms with Crippen molar-refractivity contribution in [1.82, 2.24) is 20.4 Å². The number of nitrogens with zero attached hydrogens (tertiary/aromatic N) is 3. The SMILES string of the molecule is CCNC(=NCC1CN(C)CCN1C)NC(C)c1ccc(Cl)cc1Cl.I. The Balaban J connectivity index is 0.00000338. The molecular formula is C18H30Cl2IN5. The first kappa shape index (κ1) is 23.8. The number of piperazine rings is 1. The van der Waals surface area contributed by atoms with Gasteiger partial charge in [0.05, 0.1) is 12.6 Å². The van der Waals surface area contributed by atoms with Crippen LogP contribution < -0.4 is 10.6 Å². The number of benzene rings is 1. The van der Waals surface area contributed by atoms with Crippen molar-refractivity contribution in [2.45, 2.75) is 25.9 Å². The van der Waals surface area contributed by atoms with Crippen LogP contribution in [0, 0.1) is 0 Å². The van der Waals surface area contributed by atoms with Crippen LogP contribution in [0.5, 0.6) is 0 Å². The van der Waals surface area contributed by atoms with E-state index in [1.165, 1.54) is 0 Å². The number of halogens is 3. The second-order valence-corrected chi connectivity index (χ2v) is 7.49. The molecule has 0 aromatic heterocycles. The third-order valence-corrected chi connectivity index (χ3v) is 5.13. The second-order valence-electron chi connectivity index (χ2n) is 6.65. The Bertz CT molecular complexity index is 599. The number of likely N-dealkylation sites (N-methyl/N-ethyl adjacent to an activating group) is 2. The van der Waals surface area contributed by atoms with Crippen LogP contribution in [0.4, 0.5) is 0 Å². The van der Waals surface area contributed by atoms with Crippen LogP contribution in [0.1, 0.15) is 25.5 Å². The number of hydrogen-bond donors (Lipinski definition) is 2. The summed E-state index contributed by atoms with van der Waals surface area (Å²) in [5, 5.41) is 8.07. The van der Waals surface area contributed by atoms with Crippen molar-refractivity contribution < 1.29 is 0 Å². The maximum absolute atomic E-state index is 6.32. The molecule has 0 spiro atoms. The Labute approximate surface area is 184 Å². The molecule has 2 atom stereocenters. The summed E-state index contributed by atoms with van der Waals surface area (Å²) in [6.07, 6.45) is 0. The van der Waals surface area contributed by atoms with Gasteiger partial charge in [-0.15, -0.1) is 24.0 Å². The molecule has 2 unspecified atom stereocenters. The summed E-state index contributed by atoms with van der Waals surface area (Å²) < 4.78 is 0. The summed E-state index contributed by atoms with van der Waals surface area (Å²) in [5.41, 5.74) is 1.01. The first-order valence-corrected chi connectivity index (χ1v) is 9.54. The minimum atomic E-state index is 0. The van der Waals surface area contributed by atoms with Crippen LogP contribution >= 0.6 is 47.2 Å². The molecule has 0 bridgehead atoms. The van der Waals surface area contributed by atoms with Gasteiger partial charge >= 0.3 is 0 Å². The number of guanidine groups is 1. The molecule has 148 valence electrons. The summed E-state index contributed by atoms with van der Waals surface area (Å²) in [7, 11) is 4.33. The van der Waals surface area contributed by atoms with E-state index in [1.54, 1.807) is 6.07 Å². The fraction of sp³-hybridized carbons (Fsp3) is 0.611. The van der Waals surface area contributed by atoms with Crippen LogP contribution in [-0.2, 0) is 0 Å². The van der Waals surface area contributed by atoms with Crippen molar-refractivity contribution >= 4 is 53.1 Å². The summed E-state index contributed by atoms with van der Waals surface area (Å²) >= 11 is 12.3. The number of rotatable bonds is 5. The van der Waals surface area contributed by atoms with Crippen molar-refractivity contribution in [2.75, 3.05) is 46.8 Å². The van der Waals surface area contributed by atoms with E-state index in [0.717, 1.165) is 44.2 Å².